The highest BCUT2D eigenvalue weighted by Gasteiger charge is 2.19. The smallest absolute Gasteiger partial charge is 0.0218 e. The lowest BCUT2D eigenvalue weighted by Gasteiger charge is -2.34. The molecule has 2 heteroatoms. The summed E-state index contributed by atoms with van der Waals surface area (Å²) in [6, 6.07) is 1.18. The average molecular weight is 186 g/mol. The predicted octanol–water partition coefficient (Wildman–Crippen LogP) is 2.09. The molecule has 0 spiro atoms. The minimum absolute atomic E-state index is 0.558. The summed E-state index contributed by atoms with van der Waals surface area (Å²) in [6.07, 6.45) is 2.43. The van der Waals surface area contributed by atoms with Gasteiger partial charge < -0.3 is 5.73 Å². The van der Waals surface area contributed by atoms with Gasteiger partial charge in [-0.3, -0.25) is 4.90 Å². The summed E-state index contributed by atoms with van der Waals surface area (Å²) in [7, 11) is 2.19. The van der Waals surface area contributed by atoms with E-state index in [0.29, 0.717) is 18.0 Å². The zero-order valence-corrected chi connectivity index (χ0v) is 9.88. The van der Waals surface area contributed by atoms with Crippen molar-refractivity contribution in [1.29, 1.82) is 0 Å². The third-order valence-corrected chi connectivity index (χ3v) is 3.08. The first-order valence-electron chi connectivity index (χ1n) is 5.46. The average Bonchev–Trinajstić information content (AvgIpc) is 2.11. The second-order valence-corrected chi connectivity index (χ2v) is 4.33. The molecule has 0 heterocycles. The first-order valence-corrected chi connectivity index (χ1v) is 5.46. The fourth-order valence-corrected chi connectivity index (χ4v) is 1.62. The van der Waals surface area contributed by atoms with Crippen LogP contribution in [-0.2, 0) is 0 Å². The van der Waals surface area contributed by atoms with E-state index >= 15 is 0 Å². The van der Waals surface area contributed by atoms with Gasteiger partial charge >= 0.3 is 0 Å². The normalized spacial score (nSPS) is 16.6. The molecule has 0 aliphatic carbocycles. The summed E-state index contributed by atoms with van der Waals surface area (Å²) in [5.41, 5.74) is 5.76. The molecule has 0 aliphatic rings. The summed E-state index contributed by atoms with van der Waals surface area (Å²) in [5, 5.41) is 0. The van der Waals surface area contributed by atoms with Gasteiger partial charge in [0.2, 0.25) is 0 Å². The first kappa shape index (κ1) is 12.9. The molecule has 0 aromatic carbocycles. The maximum atomic E-state index is 5.76. The molecule has 0 fully saturated rings. The highest BCUT2D eigenvalue weighted by molar-refractivity contribution is 4.75. The van der Waals surface area contributed by atoms with Gasteiger partial charge in [-0.25, -0.2) is 0 Å². The Kier molecular flexibility index (Phi) is 6.35. The molecule has 0 amide bonds. The van der Waals surface area contributed by atoms with Gasteiger partial charge in [-0.15, -0.1) is 0 Å². The molecular formula is C11H26N2. The Morgan fingerprint density at radius 3 is 2.08 bits per heavy atom. The van der Waals surface area contributed by atoms with Crippen LogP contribution >= 0.6 is 0 Å². The zero-order chi connectivity index (χ0) is 10.4. The van der Waals surface area contributed by atoms with Gasteiger partial charge in [0.05, 0.1) is 0 Å². The molecule has 2 atom stereocenters. The van der Waals surface area contributed by atoms with Gasteiger partial charge in [0.1, 0.15) is 0 Å². The quantitative estimate of drug-likeness (QED) is 0.688. The van der Waals surface area contributed by atoms with Gasteiger partial charge in [-0.1, -0.05) is 27.2 Å². The molecule has 0 saturated heterocycles. The van der Waals surface area contributed by atoms with Crippen LogP contribution in [0.5, 0.6) is 0 Å². The van der Waals surface area contributed by atoms with Crippen molar-refractivity contribution in [3.8, 4) is 0 Å². The molecule has 2 nitrogen and oxygen atoms in total. The van der Waals surface area contributed by atoms with Crippen molar-refractivity contribution >= 4 is 0 Å². The lowest BCUT2D eigenvalue weighted by molar-refractivity contribution is 0.144. The minimum Gasteiger partial charge on any atom is -0.329 e. The van der Waals surface area contributed by atoms with E-state index in [-0.39, 0.29) is 0 Å². The summed E-state index contributed by atoms with van der Waals surface area (Å²) < 4.78 is 0. The highest BCUT2D eigenvalue weighted by atomic mass is 15.2. The lowest BCUT2D eigenvalue weighted by Crippen LogP contribution is -2.45. The third kappa shape index (κ3) is 4.10. The summed E-state index contributed by atoms with van der Waals surface area (Å²) in [4.78, 5) is 2.42. The van der Waals surface area contributed by atoms with Crippen LogP contribution in [0.1, 0.15) is 40.5 Å². The Morgan fingerprint density at radius 1 is 1.23 bits per heavy atom. The lowest BCUT2D eigenvalue weighted by atomic mass is 10.0. The Hall–Kier alpha value is -0.0800. The van der Waals surface area contributed by atoms with E-state index < -0.39 is 0 Å². The maximum Gasteiger partial charge on any atom is 0.0218 e. The molecule has 13 heavy (non-hydrogen) atoms. The van der Waals surface area contributed by atoms with E-state index in [4.69, 9.17) is 5.73 Å². The number of nitrogens with zero attached hydrogens (tertiary/aromatic N) is 1. The van der Waals surface area contributed by atoms with Crippen LogP contribution in [0.3, 0.4) is 0 Å². The molecule has 80 valence electrons. The van der Waals surface area contributed by atoms with Gasteiger partial charge in [0, 0.05) is 18.6 Å². The number of hydrogen-bond acceptors (Lipinski definition) is 2. The molecule has 0 saturated carbocycles. The van der Waals surface area contributed by atoms with Crippen molar-refractivity contribution < 1.29 is 0 Å². The van der Waals surface area contributed by atoms with E-state index in [2.05, 4.69) is 39.6 Å². The maximum absolute atomic E-state index is 5.76. The van der Waals surface area contributed by atoms with Crippen LogP contribution in [0.4, 0.5) is 0 Å². The van der Waals surface area contributed by atoms with Crippen molar-refractivity contribution in [2.24, 2.45) is 11.7 Å². The van der Waals surface area contributed by atoms with E-state index in [9.17, 15) is 0 Å². The summed E-state index contributed by atoms with van der Waals surface area (Å²) >= 11 is 0. The van der Waals surface area contributed by atoms with Gasteiger partial charge in [-0.05, 0) is 26.3 Å². The molecule has 0 bridgehead atoms. The van der Waals surface area contributed by atoms with Crippen molar-refractivity contribution in [2.45, 2.75) is 52.6 Å². The van der Waals surface area contributed by atoms with Crippen molar-refractivity contribution in [3.63, 3.8) is 0 Å². The molecule has 0 aliphatic heterocycles. The monoisotopic (exact) mass is 186 g/mol. The molecule has 0 radical (unpaired) electrons. The minimum atomic E-state index is 0.558. The zero-order valence-electron chi connectivity index (χ0n) is 9.88. The third-order valence-electron chi connectivity index (χ3n) is 3.08. The SMILES string of the molecule is CCCC(CN)N(C)C(C)C(C)C. The van der Waals surface area contributed by atoms with Crippen LogP contribution in [0.15, 0.2) is 0 Å². The van der Waals surface area contributed by atoms with Crippen molar-refractivity contribution in [2.75, 3.05) is 13.6 Å². The van der Waals surface area contributed by atoms with E-state index in [1.807, 2.05) is 0 Å². The standard InChI is InChI=1S/C11H26N2/c1-6-7-11(8-12)13(5)10(4)9(2)3/h9-11H,6-8,12H2,1-5H3. The van der Waals surface area contributed by atoms with Crippen LogP contribution in [0.25, 0.3) is 0 Å². The van der Waals surface area contributed by atoms with Gasteiger partial charge in [0.25, 0.3) is 0 Å². The number of hydrogen-bond donors (Lipinski definition) is 1. The Morgan fingerprint density at radius 2 is 1.77 bits per heavy atom. The Bertz CT molecular complexity index is 123. The van der Waals surface area contributed by atoms with Crippen molar-refractivity contribution in [3.05, 3.63) is 0 Å². The first-order chi connectivity index (χ1) is 6.04. The molecule has 0 aromatic heterocycles. The van der Waals surface area contributed by atoms with Crippen LogP contribution in [0, 0.1) is 5.92 Å². The molecule has 0 rings (SSSR count). The molecular weight excluding hydrogens is 160 g/mol. The predicted molar refractivity (Wildman–Crippen MR) is 59.8 cm³/mol. The van der Waals surface area contributed by atoms with Gasteiger partial charge in [0.15, 0.2) is 0 Å². The fraction of sp³-hybridized carbons (Fsp3) is 1.00. The van der Waals surface area contributed by atoms with E-state index in [1.54, 1.807) is 0 Å². The Labute approximate surface area is 83.5 Å². The number of rotatable bonds is 6. The molecule has 2 N–H and O–H groups in total. The summed E-state index contributed by atoms with van der Waals surface area (Å²) in [6.45, 7) is 9.81. The number of nitrogens with two attached hydrogens (primary N) is 1. The molecule has 0 aromatic rings. The number of likely N-dealkylation sites (N-methyl/N-ethyl adjacent to an activating group) is 1. The van der Waals surface area contributed by atoms with Gasteiger partial charge in [-0.2, -0.15) is 0 Å². The largest absolute Gasteiger partial charge is 0.329 e. The van der Waals surface area contributed by atoms with Crippen LogP contribution in [0.2, 0.25) is 0 Å². The van der Waals surface area contributed by atoms with Crippen LogP contribution < -0.4 is 5.73 Å². The Balaban J connectivity index is 4.10. The van der Waals surface area contributed by atoms with E-state index in [1.165, 1.54) is 12.8 Å². The second kappa shape index (κ2) is 6.39. The second-order valence-electron chi connectivity index (χ2n) is 4.33. The highest BCUT2D eigenvalue weighted by Crippen LogP contribution is 2.13. The fourth-order valence-electron chi connectivity index (χ4n) is 1.62. The summed E-state index contributed by atoms with van der Waals surface area (Å²) in [5.74, 6) is 0.705. The van der Waals surface area contributed by atoms with Crippen LogP contribution in [-0.4, -0.2) is 30.6 Å². The molecule has 2 unspecified atom stereocenters. The van der Waals surface area contributed by atoms with E-state index in [0.717, 1.165) is 6.54 Å². The van der Waals surface area contributed by atoms with Crippen molar-refractivity contribution in [1.82, 2.24) is 4.90 Å². The topological polar surface area (TPSA) is 29.3 Å².